The number of piperazine rings is 1. The first kappa shape index (κ1) is 18.0. The molecule has 1 atom stereocenters. The number of amides is 2. The Morgan fingerprint density at radius 3 is 2.52 bits per heavy atom. The maximum Gasteiger partial charge on any atom is 0.410 e. The molecule has 1 saturated heterocycles. The Morgan fingerprint density at radius 2 is 1.96 bits per heavy atom. The number of nitrogens with one attached hydrogen (secondary N) is 1. The summed E-state index contributed by atoms with van der Waals surface area (Å²) in [5, 5.41) is 2.97. The standard InChI is InChI=1S/C16H30N4O3/c1-16(2,3)23-15(22)20-7-6-19(13(8-17)10-20)11-14(21)18-9-12-4-5-12/h12-13H,4-11,17H2,1-3H3,(H,18,21). The minimum atomic E-state index is -0.505. The van der Waals surface area contributed by atoms with Gasteiger partial charge in [0.1, 0.15) is 5.60 Å². The first-order valence-electron chi connectivity index (χ1n) is 8.47. The van der Waals surface area contributed by atoms with Gasteiger partial charge in [-0.2, -0.15) is 0 Å². The van der Waals surface area contributed by atoms with Gasteiger partial charge in [-0.15, -0.1) is 0 Å². The van der Waals surface area contributed by atoms with E-state index in [2.05, 4.69) is 10.2 Å². The summed E-state index contributed by atoms with van der Waals surface area (Å²) in [6.45, 7) is 8.79. The summed E-state index contributed by atoms with van der Waals surface area (Å²) in [7, 11) is 0. The lowest BCUT2D eigenvalue weighted by atomic mass is 10.1. The topological polar surface area (TPSA) is 87.9 Å². The first-order valence-corrected chi connectivity index (χ1v) is 8.47. The Kier molecular flexibility index (Phi) is 5.86. The number of carbonyl (C=O) groups excluding carboxylic acids is 2. The lowest BCUT2D eigenvalue weighted by molar-refractivity contribution is -0.123. The van der Waals surface area contributed by atoms with E-state index in [-0.39, 0.29) is 18.0 Å². The minimum absolute atomic E-state index is 0.0112. The van der Waals surface area contributed by atoms with E-state index < -0.39 is 5.60 Å². The summed E-state index contributed by atoms with van der Waals surface area (Å²) < 4.78 is 5.41. The number of rotatable bonds is 5. The predicted molar refractivity (Wildman–Crippen MR) is 88.0 cm³/mol. The molecule has 2 fully saturated rings. The highest BCUT2D eigenvalue weighted by atomic mass is 16.6. The predicted octanol–water partition coefficient (Wildman–Crippen LogP) is 0.393. The molecule has 1 saturated carbocycles. The van der Waals surface area contributed by atoms with Gasteiger partial charge in [-0.3, -0.25) is 9.69 Å². The van der Waals surface area contributed by atoms with Crippen LogP contribution in [0.4, 0.5) is 4.79 Å². The van der Waals surface area contributed by atoms with Gasteiger partial charge >= 0.3 is 6.09 Å². The molecule has 1 aliphatic carbocycles. The van der Waals surface area contributed by atoms with Crippen LogP contribution in [0.1, 0.15) is 33.6 Å². The summed E-state index contributed by atoms with van der Waals surface area (Å²) in [4.78, 5) is 27.9. The Hall–Kier alpha value is -1.34. The van der Waals surface area contributed by atoms with Gasteiger partial charge in [0.05, 0.1) is 6.54 Å². The van der Waals surface area contributed by atoms with Crippen molar-refractivity contribution in [3.8, 4) is 0 Å². The molecule has 132 valence electrons. The van der Waals surface area contributed by atoms with Crippen molar-refractivity contribution in [2.45, 2.75) is 45.3 Å². The molecular weight excluding hydrogens is 296 g/mol. The Bertz CT molecular complexity index is 432. The summed E-state index contributed by atoms with van der Waals surface area (Å²) in [6.07, 6.45) is 2.13. The third-order valence-electron chi connectivity index (χ3n) is 4.16. The first-order chi connectivity index (χ1) is 10.8. The molecule has 7 nitrogen and oxygen atoms in total. The average Bonchev–Trinajstić information content (AvgIpc) is 3.27. The molecule has 0 radical (unpaired) electrons. The van der Waals surface area contributed by atoms with Crippen molar-refractivity contribution in [2.24, 2.45) is 11.7 Å². The average molecular weight is 326 g/mol. The van der Waals surface area contributed by atoms with Gasteiger partial charge in [-0.1, -0.05) is 0 Å². The molecule has 7 heteroatoms. The van der Waals surface area contributed by atoms with Crippen molar-refractivity contribution < 1.29 is 14.3 Å². The minimum Gasteiger partial charge on any atom is -0.444 e. The summed E-state index contributed by atoms with van der Waals surface area (Å²) in [5.74, 6) is 0.717. The third-order valence-corrected chi connectivity index (χ3v) is 4.16. The van der Waals surface area contributed by atoms with Crippen LogP contribution in [-0.4, -0.2) is 72.7 Å². The second-order valence-electron chi connectivity index (χ2n) is 7.53. The molecule has 0 aromatic heterocycles. The smallest absolute Gasteiger partial charge is 0.410 e. The molecule has 1 aliphatic heterocycles. The van der Waals surface area contributed by atoms with Crippen molar-refractivity contribution in [3.05, 3.63) is 0 Å². The lowest BCUT2D eigenvalue weighted by Gasteiger charge is -2.40. The fourth-order valence-corrected chi connectivity index (χ4v) is 2.64. The van der Waals surface area contributed by atoms with Crippen LogP contribution in [0, 0.1) is 5.92 Å². The number of hydrogen-bond acceptors (Lipinski definition) is 5. The summed E-state index contributed by atoms with van der Waals surface area (Å²) >= 11 is 0. The van der Waals surface area contributed by atoms with Gasteiger partial charge in [-0.25, -0.2) is 4.79 Å². The number of nitrogens with zero attached hydrogens (tertiary/aromatic N) is 2. The highest BCUT2D eigenvalue weighted by molar-refractivity contribution is 5.78. The van der Waals surface area contributed by atoms with E-state index in [1.165, 1.54) is 12.8 Å². The van der Waals surface area contributed by atoms with E-state index in [4.69, 9.17) is 10.5 Å². The van der Waals surface area contributed by atoms with Gasteiger partial charge in [0.2, 0.25) is 5.91 Å². The molecule has 2 aliphatic rings. The van der Waals surface area contributed by atoms with Crippen molar-refractivity contribution in [1.82, 2.24) is 15.1 Å². The van der Waals surface area contributed by atoms with Crippen LogP contribution in [0.5, 0.6) is 0 Å². The maximum atomic E-state index is 12.2. The molecule has 0 aromatic carbocycles. The normalized spacial score (nSPS) is 22.8. The third kappa shape index (κ3) is 5.99. The lowest BCUT2D eigenvalue weighted by Crippen LogP contribution is -2.59. The number of carbonyl (C=O) groups is 2. The molecule has 1 unspecified atom stereocenters. The van der Waals surface area contributed by atoms with E-state index in [1.54, 1.807) is 4.90 Å². The number of ether oxygens (including phenoxy) is 1. The fraction of sp³-hybridized carbons (Fsp3) is 0.875. The zero-order chi connectivity index (χ0) is 17.0. The van der Waals surface area contributed by atoms with Crippen LogP contribution in [0.15, 0.2) is 0 Å². The summed E-state index contributed by atoms with van der Waals surface area (Å²) in [6, 6.07) is -0.0112. The van der Waals surface area contributed by atoms with Crippen molar-refractivity contribution in [1.29, 1.82) is 0 Å². The molecule has 2 rings (SSSR count). The molecule has 2 amide bonds. The van der Waals surface area contributed by atoms with Crippen LogP contribution in [0.25, 0.3) is 0 Å². The Balaban J connectivity index is 1.80. The van der Waals surface area contributed by atoms with E-state index in [1.807, 2.05) is 20.8 Å². The van der Waals surface area contributed by atoms with Crippen LogP contribution >= 0.6 is 0 Å². The Labute approximate surface area is 138 Å². The van der Waals surface area contributed by atoms with Gasteiger partial charge in [0.25, 0.3) is 0 Å². The zero-order valence-corrected chi connectivity index (χ0v) is 14.5. The Morgan fingerprint density at radius 1 is 1.26 bits per heavy atom. The molecule has 0 aromatic rings. The maximum absolute atomic E-state index is 12.2. The van der Waals surface area contributed by atoms with E-state index in [0.29, 0.717) is 38.6 Å². The largest absolute Gasteiger partial charge is 0.444 e. The van der Waals surface area contributed by atoms with Crippen molar-refractivity contribution >= 4 is 12.0 Å². The summed E-state index contributed by atoms with van der Waals surface area (Å²) in [5.41, 5.74) is 5.33. The van der Waals surface area contributed by atoms with Gasteiger partial charge < -0.3 is 20.7 Å². The van der Waals surface area contributed by atoms with Crippen molar-refractivity contribution in [3.63, 3.8) is 0 Å². The van der Waals surface area contributed by atoms with Crippen LogP contribution < -0.4 is 11.1 Å². The van der Waals surface area contributed by atoms with Crippen LogP contribution in [0.3, 0.4) is 0 Å². The molecule has 0 bridgehead atoms. The molecule has 1 heterocycles. The van der Waals surface area contributed by atoms with E-state index >= 15 is 0 Å². The zero-order valence-electron chi connectivity index (χ0n) is 14.5. The fourth-order valence-electron chi connectivity index (χ4n) is 2.64. The SMILES string of the molecule is CC(C)(C)OC(=O)N1CCN(CC(=O)NCC2CC2)C(CN)C1. The molecule has 0 spiro atoms. The monoisotopic (exact) mass is 326 g/mol. The highest BCUT2D eigenvalue weighted by Gasteiger charge is 2.32. The van der Waals surface area contributed by atoms with Crippen molar-refractivity contribution in [2.75, 3.05) is 39.3 Å². The molecular formula is C16H30N4O3. The highest BCUT2D eigenvalue weighted by Crippen LogP contribution is 2.27. The quantitative estimate of drug-likeness (QED) is 0.763. The number of nitrogens with two attached hydrogens (primary N) is 1. The van der Waals surface area contributed by atoms with Gasteiger partial charge in [0, 0.05) is 38.8 Å². The second-order valence-corrected chi connectivity index (χ2v) is 7.53. The van der Waals surface area contributed by atoms with Crippen LogP contribution in [0.2, 0.25) is 0 Å². The molecule has 3 N–H and O–H groups in total. The molecule has 23 heavy (non-hydrogen) atoms. The van der Waals surface area contributed by atoms with Crippen LogP contribution in [-0.2, 0) is 9.53 Å². The van der Waals surface area contributed by atoms with E-state index in [9.17, 15) is 9.59 Å². The second kappa shape index (κ2) is 7.49. The van der Waals surface area contributed by atoms with Gasteiger partial charge in [-0.05, 0) is 39.5 Å². The van der Waals surface area contributed by atoms with Gasteiger partial charge in [0.15, 0.2) is 0 Å². The van der Waals surface area contributed by atoms with E-state index in [0.717, 1.165) is 6.54 Å². The number of hydrogen-bond donors (Lipinski definition) is 2.